The van der Waals surface area contributed by atoms with E-state index in [4.69, 9.17) is 9.47 Å². The number of halogens is 3. The number of unbranched alkanes of at least 4 members (excludes halogenated alkanes) is 3. The van der Waals surface area contributed by atoms with E-state index in [9.17, 15) is 18.0 Å². The first-order valence-corrected chi connectivity index (χ1v) is 9.90. The zero-order chi connectivity index (χ0) is 22.7. The Morgan fingerprint density at radius 3 is 2.23 bits per heavy atom. The van der Waals surface area contributed by atoms with Gasteiger partial charge in [0, 0.05) is 5.57 Å². The summed E-state index contributed by atoms with van der Waals surface area (Å²) < 4.78 is 48.9. The molecule has 0 aliphatic rings. The molecular formula is C23H25F3N2O3. The molecule has 2 rings (SSSR count). The van der Waals surface area contributed by atoms with E-state index in [0.29, 0.717) is 30.2 Å². The lowest BCUT2D eigenvalue weighted by molar-refractivity contribution is -0.139. The molecule has 31 heavy (non-hydrogen) atoms. The maximum atomic E-state index is 12.7. The third kappa shape index (κ3) is 9.02. The first-order chi connectivity index (χ1) is 14.8. The molecule has 0 bridgehead atoms. The minimum absolute atomic E-state index is 0.129. The highest BCUT2D eigenvalue weighted by molar-refractivity contribution is 5.86. The van der Waals surface area contributed by atoms with Crippen LogP contribution in [0, 0.1) is 0 Å². The number of alkyl halides is 3. The van der Waals surface area contributed by atoms with Crippen molar-refractivity contribution in [3.63, 3.8) is 0 Å². The zero-order valence-electron chi connectivity index (χ0n) is 17.3. The maximum absolute atomic E-state index is 12.7. The topological polar surface area (TPSA) is 60.2 Å². The fraction of sp³-hybridized carbons (Fsp3) is 0.348. The maximum Gasteiger partial charge on any atom is 0.416 e. The van der Waals surface area contributed by atoms with Crippen LogP contribution in [0.3, 0.4) is 0 Å². The number of benzene rings is 2. The van der Waals surface area contributed by atoms with Crippen molar-refractivity contribution < 1.29 is 27.4 Å². The lowest BCUT2D eigenvalue weighted by Crippen LogP contribution is -2.06. The molecule has 0 aliphatic carbocycles. The normalized spacial score (nSPS) is 11.5. The molecule has 0 saturated carbocycles. The van der Waals surface area contributed by atoms with Crippen molar-refractivity contribution in [2.75, 3.05) is 13.2 Å². The van der Waals surface area contributed by atoms with E-state index in [1.807, 2.05) is 0 Å². The van der Waals surface area contributed by atoms with E-state index in [1.54, 1.807) is 31.2 Å². The van der Waals surface area contributed by atoms with Crippen molar-refractivity contribution in [3.8, 4) is 5.75 Å². The van der Waals surface area contributed by atoms with Gasteiger partial charge >= 0.3 is 12.1 Å². The molecule has 166 valence electrons. The summed E-state index contributed by atoms with van der Waals surface area (Å²) in [6.07, 6.45) is -0.867. The quantitative estimate of drug-likeness (QED) is 0.163. The van der Waals surface area contributed by atoms with Crippen LogP contribution in [0.2, 0.25) is 0 Å². The average molecular weight is 434 g/mol. The number of hydrogen-bond acceptors (Lipinski definition) is 5. The van der Waals surface area contributed by atoms with Crippen LogP contribution in [0.4, 0.5) is 24.5 Å². The number of carbonyl (C=O) groups is 1. The van der Waals surface area contributed by atoms with Crippen molar-refractivity contribution in [3.05, 3.63) is 66.2 Å². The van der Waals surface area contributed by atoms with Gasteiger partial charge in [0.25, 0.3) is 0 Å². The Hall–Kier alpha value is -3.16. The van der Waals surface area contributed by atoms with Crippen LogP contribution in [0.5, 0.6) is 5.75 Å². The number of ether oxygens (including phenoxy) is 2. The minimum Gasteiger partial charge on any atom is -0.494 e. The molecule has 5 nitrogen and oxygen atoms in total. The molecule has 2 aromatic rings. The highest BCUT2D eigenvalue weighted by Gasteiger charge is 2.30. The number of esters is 1. The van der Waals surface area contributed by atoms with E-state index >= 15 is 0 Å². The number of hydrogen-bond donors (Lipinski definition) is 0. The van der Waals surface area contributed by atoms with Crippen LogP contribution >= 0.6 is 0 Å². The van der Waals surface area contributed by atoms with Crippen molar-refractivity contribution >= 4 is 17.3 Å². The first kappa shape index (κ1) is 24.1. The van der Waals surface area contributed by atoms with Gasteiger partial charge in [-0.15, -0.1) is 0 Å². The standard InChI is InChI=1S/C23H25F3N2O3/c1-17(2)22(29)31-15-6-4-3-5-14-30-21-12-10-19(11-13-21)27-28-20-9-7-8-18(16-20)23(24,25)26/h7-13,16H,1,3-6,14-15H2,2H3. The van der Waals surface area contributed by atoms with Crippen molar-refractivity contribution in [2.24, 2.45) is 10.2 Å². The molecule has 0 saturated heterocycles. The van der Waals surface area contributed by atoms with E-state index in [-0.39, 0.29) is 11.7 Å². The summed E-state index contributed by atoms with van der Waals surface area (Å²) in [5.41, 5.74) is 0.274. The lowest BCUT2D eigenvalue weighted by atomic mass is 10.2. The molecule has 0 unspecified atom stereocenters. The lowest BCUT2D eigenvalue weighted by Gasteiger charge is -2.07. The van der Waals surface area contributed by atoms with Crippen LogP contribution in [0.1, 0.15) is 38.2 Å². The Kier molecular flexibility index (Phi) is 9.24. The molecule has 0 spiro atoms. The van der Waals surface area contributed by atoms with Gasteiger partial charge in [0.1, 0.15) is 5.75 Å². The second-order valence-electron chi connectivity index (χ2n) is 6.92. The summed E-state index contributed by atoms with van der Waals surface area (Å²) in [4.78, 5) is 11.2. The van der Waals surface area contributed by atoms with Gasteiger partial charge in [0.05, 0.1) is 30.2 Å². The van der Waals surface area contributed by atoms with Crippen LogP contribution in [-0.2, 0) is 15.7 Å². The smallest absolute Gasteiger partial charge is 0.416 e. The molecule has 0 heterocycles. The molecule has 0 radical (unpaired) electrons. The molecule has 2 aromatic carbocycles. The van der Waals surface area contributed by atoms with Crippen LogP contribution in [0.25, 0.3) is 0 Å². The van der Waals surface area contributed by atoms with Gasteiger partial charge in [0.15, 0.2) is 0 Å². The third-order valence-electron chi connectivity index (χ3n) is 4.18. The average Bonchev–Trinajstić information content (AvgIpc) is 2.74. The summed E-state index contributed by atoms with van der Waals surface area (Å²) in [5, 5.41) is 7.82. The third-order valence-corrected chi connectivity index (χ3v) is 4.18. The Labute approximate surface area is 179 Å². The second-order valence-corrected chi connectivity index (χ2v) is 6.92. The summed E-state index contributed by atoms with van der Waals surface area (Å²) in [6.45, 7) is 6.09. The SMILES string of the molecule is C=C(C)C(=O)OCCCCCCOc1ccc(N=Nc2cccc(C(F)(F)F)c2)cc1. The Balaban J connectivity index is 1.69. The Morgan fingerprint density at radius 1 is 0.935 bits per heavy atom. The molecule has 0 aromatic heterocycles. The van der Waals surface area contributed by atoms with Gasteiger partial charge in [0.2, 0.25) is 0 Å². The fourth-order valence-electron chi connectivity index (χ4n) is 2.50. The monoisotopic (exact) mass is 434 g/mol. The van der Waals surface area contributed by atoms with Crippen molar-refractivity contribution in [1.29, 1.82) is 0 Å². The summed E-state index contributed by atoms with van der Waals surface area (Å²) in [7, 11) is 0. The van der Waals surface area contributed by atoms with Gasteiger partial charge in [-0.2, -0.15) is 23.4 Å². The largest absolute Gasteiger partial charge is 0.494 e. The minimum atomic E-state index is -4.41. The van der Waals surface area contributed by atoms with Crippen LogP contribution in [0.15, 0.2) is 70.9 Å². The van der Waals surface area contributed by atoms with E-state index < -0.39 is 11.7 Å². The zero-order valence-corrected chi connectivity index (χ0v) is 17.3. The molecule has 0 atom stereocenters. The number of rotatable bonds is 11. The molecule has 0 amide bonds. The van der Waals surface area contributed by atoms with Gasteiger partial charge < -0.3 is 9.47 Å². The number of nitrogens with zero attached hydrogens (tertiary/aromatic N) is 2. The molecule has 8 heteroatoms. The predicted octanol–water partition coefficient (Wildman–Crippen LogP) is 7.18. The summed E-state index contributed by atoms with van der Waals surface area (Å²) in [6, 6.07) is 11.5. The van der Waals surface area contributed by atoms with E-state index in [2.05, 4.69) is 16.8 Å². The van der Waals surface area contributed by atoms with Crippen molar-refractivity contribution in [1.82, 2.24) is 0 Å². The van der Waals surface area contributed by atoms with Crippen LogP contribution < -0.4 is 4.74 Å². The van der Waals surface area contributed by atoms with Crippen molar-refractivity contribution in [2.45, 2.75) is 38.8 Å². The fourth-order valence-corrected chi connectivity index (χ4v) is 2.50. The van der Waals surface area contributed by atoms with Gasteiger partial charge in [-0.05, 0) is 75.1 Å². The van der Waals surface area contributed by atoms with E-state index in [1.165, 1.54) is 12.1 Å². The van der Waals surface area contributed by atoms with Gasteiger partial charge in [-0.3, -0.25) is 0 Å². The Bertz CT molecular complexity index is 894. The molecule has 0 fully saturated rings. The highest BCUT2D eigenvalue weighted by atomic mass is 19.4. The van der Waals surface area contributed by atoms with Gasteiger partial charge in [-0.25, -0.2) is 4.79 Å². The van der Waals surface area contributed by atoms with E-state index in [0.717, 1.165) is 37.8 Å². The molecule has 0 aliphatic heterocycles. The second kappa shape index (κ2) is 11.9. The Morgan fingerprint density at radius 2 is 1.58 bits per heavy atom. The number of azo groups is 1. The summed E-state index contributed by atoms with van der Waals surface area (Å²) in [5.74, 6) is 0.314. The van der Waals surface area contributed by atoms with Crippen LogP contribution in [-0.4, -0.2) is 19.2 Å². The highest BCUT2D eigenvalue weighted by Crippen LogP contribution is 2.32. The molecule has 0 N–H and O–H groups in total. The molecular weight excluding hydrogens is 409 g/mol. The predicted molar refractivity (Wildman–Crippen MR) is 112 cm³/mol. The van der Waals surface area contributed by atoms with Gasteiger partial charge in [-0.1, -0.05) is 12.6 Å². The summed E-state index contributed by atoms with van der Waals surface area (Å²) >= 11 is 0. The first-order valence-electron chi connectivity index (χ1n) is 9.90. The number of carbonyl (C=O) groups excluding carboxylic acids is 1.